The summed E-state index contributed by atoms with van der Waals surface area (Å²) in [7, 11) is 1.11. The molecule has 0 aliphatic rings. The van der Waals surface area contributed by atoms with Gasteiger partial charge in [-0.2, -0.15) is 18.4 Å². The van der Waals surface area contributed by atoms with Gasteiger partial charge in [0, 0.05) is 0 Å². The van der Waals surface area contributed by atoms with Crippen molar-refractivity contribution in [3.05, 3.63) is 26.0 Å². The number of aromatic nitrogens is 1. The van der Waals surface area contributed by atoms with E-state index in [9.17, 15) is 22.8 Å². The topological polar surface area (TPSA) is 83.0 Å². The molecule has 1 aromatic rings. The van der Waals surface area contributed by atoms with Crippen LogP contribution >= 0.6 is 27.7 Å². The Morgan fingerprint density at radius 2 is 2.15 bits per heavy atom. The number of pyridine rings is 1. The molecule has 0 bridgehead atoms. The van der Waals surface area contributed by atoms with Gasteiger partial charge in [-0.1, -0.05) is 11.8 Å². The summed E-state index contributed by atoms with van der Waals surface area (Å²) in [6, 6.07) is 1.39. The van der Waals surface area contributed by atoms with E-state index in [1.807, 2.05) is 0 Å². The highest BCUT2D eigenvalue weighted by Gasteiger charge is 2.38. The first-order valence-corrected chi connectivity index (χ1v) is 6.63. The highest BCUT2D eigenvalue weighted by atomic mass is 79.9. The lowest BCUT2D eigenvalue weighted by Crippen LogP contribution is -2.20. The van der Waals surface area contributed by atoms with Crippen LogP contribution in [0.5, 0.6) is 0 Å². The van der Waals surface area contributed by atoms with Crippen LogP contribution in [-0.4, -0.2) is 23.8 Å². The first-order valence-electron chi connectivity index (χ1n) is 4.85. The van der Waals surface area contributed by atoms with Crippen LogP contribution < -0.4 is 5.56 Å². The minimum absolute atomic E-state index is 0.333. The fraction of sp³-hybridized carbons (Fsp3) is 0.300. The Morgan fingerprint density at radius 3 is 2.60 bits per heavy atom. The van der Waals surface area contributed by atoms with E-state index in [4.69, 9.17) is 5.26 Å². The van der Waals surface area contributed by atoms with Crippen molar-refractivity contribution in [2.75, 3.05) is 12.9 Å². The Balaban J connectivity index is 3.41. The first kappa shape index (κ1) is 16.6. The maximum Gasteiger partial charge on any atom is 0.419 e. The number of methoxy groups -OCH3 is 1. The molecule has 10 heteroatoms. The van der Waals surface area contributed by atoms with Gasteiger partial charge < -0.3 is 9.72 Å². The van der Waals surface area contributed by atoms with E-state index in [0.717, 1.165) is 7.11 Å². The second-order valence-electron chi connectivity index (χ2n) is 3.32. The lowest BCUT2D eigenvalue weighted by atomic mass is 10.1. The molecule has 0 saturated carbocycles. The number of carbonyl (C=O) groups excluding carboxylic acids is 1. The van der Waals surface area contributed by atoms with Gasteiger partial charge in [-0.05, 0) is 15.9 Å². The molecule has 5 nitrogen and oxygen atoms in total. The van der Waals surface area contributed by atoms with Gasteiger partial charge in [-0.3, -0.25) is 9.59 Å². The quantitative estimate of drug-likeness (QED) is 0.651. The van der Waals surface area contributed by atoms with Gasteiger partial charge in [0.1, 0.15) is 6.07 Å². The highest BCUT2D eigenvalue weighted by Crippen LogP contribution is 2.38. The van der Waals surface area contributed by atoms with Gasteiger partial charge in [-0.15, -0.1) is 0 Å². The highest BCUT2D eigenvalue weighted by molar-refractivity contribution is 9.10. The Labute approximate surface area is 123 Å². The van der Waals surface area contributed by atoms with E-state index >= 15 is 0 Å². The molecular formula is C10H6BrF3N2O3S. The van der Waals surface area contributed by atoms with Crippen molar-refractivity contribution < 1.29 is 22.7 Å². The molecule has 0 saturated heterocycles. The Hall–Kier alpha value is -1.47. The van der Waals surface area contributed by atoms with E-state index in [-0.39, 0.29) is 10.8 Å². The van der Waals surface area contributed by atoms with Gasteiger partial charge in [0.25, 0.3) is 5.56 Å². The molecule has 1 rings (SSSR count). The van der Waals surface area contributed by atoms with Crippen molar-refractivity contribution in [1.82, 2.24) is 4.98 Å². The number of ether oxygens (including phenoxy) is 1. The van der Waals surface area contributed by atoms with Gasteiger partial charge in [0.15, 0.2) is 0 Å². The molecule has 1 N–H and O–H groups in total. The summed E-state index contributed by atoms with van der Waals surface area (Å²) in [5.41, 5.74) is -3.15. The number of hydrogen-bond donors (Lipinski definition) is 1. The van der Waals surface area contributed by atoms with Gasteiger partial charge in [0.05, 0.1) is 33.5 Å². The number of halogens is 4. The molecule has 108 valence electrons. The van der Waals surface area contributed by atoms with Crippen molar-refractivity contribution in [2.45, 2.75) is 11.2 Å². The number of nitriles is 1. The SMILES string of the molecule is COC(=O)CSc1[nH]c(=O)c(Br)c(C(F)(F)F)c1C#N. The predicted molar refractivity (Wildman–Crippen MR) is 67.2 cm³/mol. The van der Waals surface area contributed by atoms with Crippen LogP contribution in [0.25, 0.3) is 0 Å². The van der Waals surface area contributed by atoms with Crippen LogP contribution in [0.2, 0.25) is 0 Å². The minimum Gasteiger partial charge on any atom is -0.468 e. The summed E-state index contributed by atoms with van der Waals surface area (Å²) in [6.45, 7) is 0. The molecular weight excluding hydrogens is 365 g/mol. The minimum atomic E-state index is -4.88. The fourth-order valence-corrected chi connectivity index (χ4v) is 2.59. The number of nitrogens with zero attached hydrogens (tertiary/aromatic N) is 1. The van der Waals surface area contributed by atoms with Crippen molar-refractivity contribution in [1.29, 1.82) is 5.26 Å². The van der Waals surface area contributed by atoms with Crippen LogP contribution in [0.1, 0.15) is 11.1 Å². The van der Waals surface area contributed by atoms with Crippen LogP contribution in [-0.2, 0) is 15.7 Å². The predicted octanol–water partition coefficient (Wildman–Crippen LogP) is 2.29. The van der Waals surface area contributed by atoms with Crippen molar-refractivity contribution >= 4 is 33.7 Å². The molecule has 1 heterocycles. The Bertz CT molecular complexity index is 636. The normalized spacial score (nSPS) is 11.0. The number of alkyl halides is 3. The number of nitrogens with one attached hydrogen (secondary N) is 1. The number of thioether (sulfide) groups is 1. The maximum atomic E-state index is 12.9. The molecule has 20 heavy (non-hydrogen) atoms. The zero-order valence-corrected chi connectivity index (χ0v) is 12.2. The van der Waals surface area contributed by atoms with Gasteiger partial charge >= 0.3 is 12.1 Å². The van der Waals surface area contributed by atoms with E-state index in [0.29, 0.717) is 11.8 Å². The third-order valence-electron chi connectivity index (χ3n) is 2.08. The van der Waals surface area contributed by atoms with Crippen LogP contribution in [0.3, 0.4) is 0 Å². The Kier molecular flexibility index (Phi) is 5.24. The number of hydrogen-bond acceptors (Lipinski definition) is 5. The molecule has 0 atom stereocenters. The summed E-state index contributed by atoms with van der Waals surface area (Å²) in [4.78, 5) is 24.5. The van der Waals surface area contributed by atoms with Crippen LogP contribution in [0, 0.1) is 11.3 Å². The first-order chi connectivity index (χ1) is 9.22. The lowest BCUT2D eigenvalue weighted by Gasteiger charge is -2.13. The van der Waals surface area contributed by atoms with Gasteiger partial charge in [-0.25, -0.2) is 0 Å². The van der Waals surface area contributed by atoms with E-state index in [1.54, 1.807) is 0 Å². The van der Waals surface area contributed by atoms with E-state index in [1.165, 1.54) is 6.07 Å². The summed E-state index contributed by atoms with van der Waals surface area (Å²) < 4.78 is 42.2. The number of aromatic amines is 1. The van der Waals surface area contributed by atoms with Crippen molar-refractivity contribution in [2.24, 2.45) is 0 Å². The number of H-pyrrole nitrogens is 1. The second-order valence-corrected chi connectivity index (χ2v) is 5.10. The number of esters is 1. The Morgan fingerprint density at radius 1 is 1.55 bits per heavy atom. The van der Waals surface area contributed by atoms with E-state index in [2.05, 4.69) is 25.7 Å². The molecule has 0 spiro atoms. The average Bonchev–Trinajstić information content (AvgIpc) is 2.37. The monoisotopic (exact) mass is 370 g/mol. The smallest absolute Gasteiger partial charge is 0.419 e. The third kappa shape index (κ3) is 3.55. The zero-order chi connectivity index (χ0) is 15.5. The molecule has 0 amide bonds. The molecule has 1 aromatic heterocycles. The fourth-order valence-electron chi connectivity index (χ4n) is 1.23. The summed E-state index contributed by atoms with van der Waals surface area (Å²) in [6.07, 6.45) is -4.88. The van der Waals surface area contributed by atoms with Crippen LogP contribution in [0.4, 0.5) is 13.2 Å². The lowest BCUT2D eigenvalue weighted by molar-refractivity contribution is -0.139. The summed E-state index contributed by atoms with van der Waals surface area (Å²) in [5, 5.41) is 8.54. The van der Waals surface area contributed by atoms with Crippen molar-refractivity contribution in [3.63, 3.8) is 0 Å². The number of rotatable bonds is 3. The summed E-state index contributed by atoms with van der Waals surface area (Å²) >= 11 is 3.10. The van der Waals surface area contributed by atoms with Gasteiger partial charge in [0.2, 0.25) is 0 Å². The van der Waals surface area contributed by atoms with Crippen molar-refractivity contribution in [3.8, 4) is 6.07 Å². The molecule has 0 aliphatic heterocycles. The van der Waals surface area contributed by atoms with Crippen LogP contribution in [0.15, 0.2) is 14.3 Å². The molecule has 0 aliphatic carbocycles. The third-order valence-corrected chi connectivity index (χ3v) is 3.81. The summed E-state index contributed by atoms with van der Waals surface area (Å²) in [5.74, 6) is -1.03. The number of carbonyl (C=O) groups is 1. The maximum absolute atomic E-state index is 12.9. The average molecular weight is 371 g/mol. The molecule has 0 fully saturated rings. The molecule has 0 aromatic carbocycles. The molecule has 0 unspecified atom stereocenters. The molecule has 0 radical (unpaired) electrons. The second kappa shape index (κ2) is 6.32. The largest absolute Gasteiger partial charge is 0.468 e. The van der Waals surface area contributed by atoms with E-state index < -0.39 is 33.3 Å². The standard InChI is InChI=1S/C10H6BrF3N2O3S/c1-19-5(17)3-20-9-4(2-15)6(10(12,13)14)7(11)8(18)16-9/h3H2,1H3,(H,16,18). The zero-order valence-electron chi connectivity index (χ0n) is 9.80.